The normalized spacial score (nSPS) is 16.2. The average molecular weight is 354 g/mol. The second kappa shape index (κ2) is 8.83. The smallest absolute Gasteiger partial charge is 0.224 e. The molecule has 0 bridgehead atoms. The predicted molar refractivity (Wildman–Crippen MR) is 101 cm³/mol. The van der Waals surface area contributed by atoms with E-state index in [1.165, 1.54) is 11.1 Å². The Morgan fingerprint density at radius 2 is 1.96 bits per heavy atom. The molecule has 2 N–H and O–H groups in total. The maximum Gasteiger partial charge on any atom is 0.224 e. The minimum atomic E-state index is -0.0857. The van der Waals surface area contributed by atoms with Crippen LogP contribution in [0.15, 0.2) is 48.5 Å². The number of benzene rings is 2. The van der Waals surface area contributed by atoms with Crippen LogP contribution in [0.2, 0.25) is 0 Å². The first-order valence-corrected chi connectivity index (χ1v) is 9.05. The Kier molecular flexibility index (Phi) is 6.26. The number of hydrogen-bond acceptors (Lipinski definition) is 4. The molecule has 1 saturated heterocycles. The number of carbonyl (C=O) groups excluding carboxylic acids is 1. The van der Waals surface area contributed by atoms with Gasteiger partial charge in [-0.2, -0.15) is 0 Å². The molecular weight excluding hydrogens is 328 g/mol. The van der Waals surface area contributed by atoms with Gasteiger partial charge in [-0.3, -0.25) is 9.69 Å². The lowest BCUT2D eigenvalue weighted by molar-refractivity contribution is -0.120. The van der Waals surface area contributed by atoms with Gasteiger partial charge in [0.2, 0.25) is 5.91 Å². The average Bonchev–Trinajstić information content (AvgIpc) is 2.65. The predicted octanol–water partition coefficient (Wildman–Crippen LogP) is 2.43. The first-order valence-electron chi connectivity index (χ1n) is 9.05. The number of amides is 1. The number of carbonyl (C=O) groups is 1. The van der Waals surface area contributed by atoms with E-state index in [4.69, 9.17) is 4.74 Å². The second-order valence-corrected chi connectivity index (χ2v) is 6.69. The first-order chi connectivity index (χ1) is 12.6. The highest BCUT2D eigenvalue weighted by Crippen LogP contribution is 2.22. The van der Waals surface area contributed by atoms with Crippen molar-refractivity contribution in [2.75, 3.05) is 32.8 Å². The third-order valence-electron chi connectivity index (χ3n) is 4.75. The molecule has 1 aliphatic rings. The molecule has 0 aliphatic carbocycles. The van der Waals surface area contributed by atoms with Gasteiger partial charge < -0.3 is 15.2 Å². The fourth-order valence-electron chi connectivity index (χ4n) is 3.33. The van der Waals surface area contributed by atoms with Gasteiger partial charge in [0.15, 0.2) is 0 Å². The van der Waals surface area contributed by atoms with E-state index in [2.05, 4.69) is 41.4 Å². The van der Waals surface area contributed by atoms with Crippen LogP contribution in [0, 0.1) is 6.92 Å². The van der Waals surface area contributed by atoms with Crippen molar-refractivity contribution in [1.29, 1.82) is 0 Å². The number of ether oxygens (including phenoxy) is 1. The lowest BCUT2D eigenvalue weighted by Crippen LogP contribution is -2.44. The molecule has 26 heavy (non-hydrogen) atoms. The van der Waals surface area contributed by atoms with Crippen LogP contribution in [-0.2, 0) is 16.0 Å². The van der Waals surface area contributed by atoms with Crippen LogP contribution in [0.5, 0.6) is 5.75 Å². The Morgan fingerprint density at radius 3 is 2.69 bits per heavy atom. The van der Waals surface area contributed by atoms with Gasteiger partial charge in [0.05, 0.1) is 25.7 Å². The molecule has 5 heteroatoms. The van der Waals surface area contributed by atoms with E-state index in [0.717, 1.165) is 13.1 Å². The summed E-state index contributed by atoms with van der Waals surface area (Å²) in [5.41, 5.74) is 3.06. The summed E-state index contributed by atoms with van der Waals surface area (Å²) in [5.74, 6) is 0.0727. The SMILES string of the molecule is Cc1cccc(C(CNC(=O)Cc2ccccc2O)N2CCOCC2)c1. The van der Waals surface area contributed by atoms with E-state index in [1.807, 2.05) is 6.07 Å². The number of hydrogen-bond donors (Lipinski definition) is 2. The molecule has 1 unspecified atom stereocenters. The van der Waals surface area contributed by atoms with E-state index in [1.54, 1.807) is 18.2 Å². The summed E-state index contributed by atoms with van der Waals surface area (Å²) >= 11 is 0. The minimum Gasteiger partial charge on any atom is -0.508 e. The molecule has 2 aromatic carbocycles. The van der Waals surface area contributed by atoms with Crippen LogP contribution in [0.3, 0.4) is 0 Å². The molecule has 0 aromatic heterocycles. The largest absolute Gasteiger partial charge is 0.508 e. The van der Waals surface area contributed by atoms with Crippen molar-refractivity contribution < 1.29 is 14.6 Å². The zero-order valence-corrected chi connectivity index (χ0v) is 15.1. The van der Waals surface area contributed by atoms with Gasteiger partial charge in [0, 0.05) is 25.2 Å². The summed E-state index contributed by atoms with van der Waals surface area (Å²) in [4.78, 5) is 14.7. The number of rotatable bonds is 6. The molecule has 1 atom stereocenters. The third kappa shape index (κ3) is 4.84. The number of phenols is 1. The van der Waals surface area contributed by atoms with Crippen molar-refractivity contribution in [1.82, 2.24) is 10.2 Å². The highest BCUT2D eigenvalue weighted by molar-refractivity contribution is 5.79. The van der Waals surface area contributed by atoms with E-state index in [0.29, 0.717) is 25.3 Å². The number of nitrogens with one attached hydrogen (secondary N) is 1. The van der Waals surface area contributed by atoms with Gasteiger partial charge in [-0.05, 0) is 18.6 Å². The van der Waals surface area contributed by atoms with Crippen LogP contribution in [0.25, 0.3) is 0 Å². The summed E-state index contributed by atoms with van der Waals surface area (Å²) < 4.78 is 5.47. The molecule has 138 valence electrons. The first kappa shape index (κ1) is 18.4. The molecule has 3 rings (SSSR count). The van der Waals surface area contributed by atoms with E-state index in [9.17, 15) is 9.90 Å². The Labute approximate surface area is 154 Å². The van der Waals surface area contributed by atoms with E-state index in [-0.39, 0.29) is 24.1 Å². The standard InChI is InChI=1S/C21H26N2O3/c1-16-5-4-7-17(13-16)19(23-9-11-26-12-10-23)15-22-21(25)14-18-6-2-3-8-20(18)24/h2-8,13,19,24H,9-12,14-15H2,1H3,(H,22,25). The van der Waals surface area contributed by atoms with Crippen LogP contribution >= 0.6 is 0 Å². The van der Waals surface area contributed by atoms with Crippen LogP contribution < -0.4 is 5.32 Å². The van der Waals surface area contributed by atoms with Crippen molar-refractivity contribution in [3.05, 3.63) is 65.2 Å². The van der Waals surface area contributed by atoms with Crippen LogP contribution in [-0.4, -0.2) is 48.8 Å². The highest BCUT2D eigenvalue weighted by atomic mass is 16.5. The fraction of sp³-hybridized carbons (Fsp3) is 0.381. The van der Waals surface area contributed by atoms with Gasteiger partial charge in [0.25, 0.3) is 0 Å². The summed E-state index contributed by atoms with van der Waals surface area (Å²) in [7, 11) is 0. The summed E-state index contributed by atoms with van der Waals surface area (Å²) in [6.07, 6.45) is 0.177. The number of phenolic OH excluding ortho intramolecular Hbond substituents is 1. The molecule has 2 aromatic rings. The Hall–Kier alpha value is -2.37. The molecule has 1 fully saturated rings. The maximum atomic E-state index is 12.4. The third-order valence-corrected chi connectivity index (χ3v) is 4.75. The number of para-hydroxylation sites is 1. The van der Waals surface area contributed by atoms with Gasteiger partial charge in [-0.25, -0.2) is 0 Å². The topological polar surface area (TPSA) is 61.8 Å². The molecular formula is C21H26N2O3. The quantitative estimate of drug-likeness (QED) is 0.836. The molecule has 1 amide bonds. The number of nitrogens with zero attached hydrogens (tertiary/aromatic N) is 1. The number of morpholine rings is 1. The molecule has 0 saturated carbocycles. The van der Waals surface area contributed by atoms with Crippen molar-refractivity contribution in [3.63, 3.8) is 0 Å². The van der Waals surface area contributed by atoms with Crippen LogP contribution in [0.1, 0.15) is 22.7 Å². The second-order valence-electron chi connectivity index (χ2n) is 6.69. The highest BCUT2D eigenvalue weighted by Gasteiger charge is 2.23. The van der Waals surface area contributed by atoms with Crippen molar-refractivity contribution in [2.24, 2.45) is 0 Å². The van der Waals surface area contributed by atoms with Gasteiger partial charge in [-0.15, -0.1) is 0 Å². The maximum absolute atomic E-state index is 12.4. The van der Waals surface area contributed by atoms with Crippen molar-refractivity contribution >= 4 is 5.91 Å². The van der Waals surface area contributed by atoms with Crippen molar-refractivity contribution in [3.8, 4) is 5.75 Å². The molecule has 1 heterocycles. The monoisotopic (exact) mass is 354 g/mol. The van der Waals surface area contributed by atoms with Gasteiger partial charge >= 0.3 is 0 Å². The molecule has 0 spiro atoms. The Bertz CT molecular complexity index is 742. The molecule has 5 nitrogen and oxygen atoms in total. The molecule has 1 aliphatic heterocycles. The zero-order valence-electron chi connectivity index (χ0n) is 15.1. The van der Waals surface area contributed by atoms with E-state index < -0.39 is 0 Å². The fourth-order valence-corrected chi connectivity index (χ4v) is 3.33. The van der Waals surface area contributed by atoms with Crippen LogP contribution in [0.4, 0.5) is 0 Å². The summed E-state index contributed by atoms with van der Waals surface area (Å²) in [6.45, 7) is 5.76. The molecule has 0 radical (unpaired) electrons. The number of aromatic hydroxyl groups is 1. The lowest BCUT2D eigenvalue weighted by atomic mass is 10.0. The number of aryl methyl sites for hydroxylation is 1. The summed E-state index contributed by atoms with van der Waals surface area (Å²) in [6, 6.07) is 15.5. The minimum absolute atomic E-state index is 0.0857. The van der Waals surface area contributed by atoms with E-state index >= 15 is 0 Å². The lowest BCUT2D eigenvalue weighted by Gasteiger charge is -2.35. The zero-order chi connectivity index (χ0) is 18.4. The van der Waals surface area contributed by atoms with Gasteiger partial charge in [0.1, 0.15) is 5.75 Å². The van der Waals surface area contributed by atoms with Gasteiger partial charge in [-0.1, -0.05) is 48.0 Å². The summed E-state index contributed by atoms with van der Waals surface area (Å²) in [5, 5.41) is 12.9. The van der Waals surface area contributed by atoms with Crippen molar-refractivity contribution in [2.45, 2.75) is 19.4 Å². The Balaban J connectivity index is 1.67. The Morgan fingerprint density at radius 1 is 1.19 bits per heavy atom.